The number of benzene rings is 2. The summed E-state index contributed by atoms with van der Waals surface area (Å²) >= 11 is 0. The van der Waals surface area contributed by atoms with Crippen molar-refractivity contribution in [3.05, 3.63) is 47.5 Å². The number of rotatable bonds is 2. The third-order valence-corrected chi connectivity index (χ3v) is 4.07. The summed E-state index contributed by atoms with van der Waals surface area (Å²) in [5.41, 5.74) is 0.474. The Morgan fingerprint density at radius 3 is 1.96 bits per heavy atom. The zero-order valence-corrected chi connectivity index (χ0v) is 14.2. The first-order valence-electron chi connectivity index (χ1n) is 7.92. The number of hydrogen-bond donors (Lipinski definition) is 1. The highest BCUT2D eigenvalue weighted by molar-refractivity contribution is 6.26. The van der Waals surface area contributed by atoms with Crippen LogP contribution in [0.3, 0.4) is 0 Å². The minimum absolute atomic E-state index is 0.351. The molecule has 2 aromatic carbocycles. The molecule has 5 nitrogen and oxygen atoms in total. The summed E-state index contributed by atoms with van der Waals surface area (Å²) in [5.74, 6) is -1.21. The van der Waals surface area contributed by atoms with E-state index in [0.29, 0.717) is 16.5 Å². The molecule has 0 radical (unpaired) electrons. The summed E-state index contributed by atoms with van der Waals surface area (Å²) in [4.78, 5) is 39.2. The third-order valence-electron chi connectivity index (χ3n) is 4.07. The van der Waals surface area contributed by atoms with E-state index in [9.17, 15) is 14.4 Å². The molecule has 3 rings (SSSR count). The Morgan fingerprint density at radius 1 is 1.00 bits per heavy atom. The van der Waals surface area contributed by atoms with Crippen molar-refractivity contribution in [1.29, 1.82) is 0 Å². The zero-order chi connectivity index (χ0) is 17.6. The van der Waals surface area contributed by atoms with Gasteiger partial charge in [0.15, 0.2) is 0 Å². The first-order chi connectivity index (χ1) is 11.2. The van der Waals surface area contributed by atoms with Crippen LogP contribution in [0.15, 0.2) is 36.4 Å². The maximum Gasteiger partial charge on any atom is 0.262 e. The van der Waals surface area contributed by atoms with Gasteiger partial charge in [-0.15, -0.1) is 0 Å². The average molecular weight is 324 g/mol. The molecule has 0 saturated heterocycles. The summed E-state index contributed by atoms with van der Waals surface area (Å²) in [5, 5.41) is 4.33. The highest BCUT2D eigenvalue weighted by Crippen LogP contribution is 2.30. The van der Waals surface area contributed by atoms with Crippen LogP contribution in [-0.4, -0.2) is 34.2 Å². The lowest BCUT2D eigenvalue weighted by Gasteiger charge is -2.33. The molecule has 0 bridgehead atoms. The second-order valence-electron chi connectivity index (χ2n) is 7.10. The van der Waals surface area contributed by atoms with Gasteiger partial charge in [-0.05, 0) is 45.2 Å². The molecule has 2 aromatic rings. The average Bonchev–Trinajstić information content (AvgIpc) is 2.50. The molecule has 1 aliphatic rings. The van der Waals surface area contributed by atoms with Crippen LogP contribution in [0.2, 0.25) is 0 Å². The summed E-state index contributed by atoms with van der Waals surface area (Å²) in [6, 6.07) is 9.82. The number of nitrogens with zero attached hydrogens (tertiary/aromatic N) is 1. The van der Waals surface area contributed by atoms with Crippen LogP contribution in [0.5, 0.6) is 0 Å². The summed E-state index contributed by atoms with van der Waals surface area (Å²) < 4.78 is 0. The lowest BCUT2D eigenvalue weighted by Crippen LogP contribution is -2.55. The van der Waals surface area contributed by atoms with Crippen molar-refractivity contribution in [2.45, 2.75) is 39.3 Å². The monoisotopic (exact) mass is 324 g/mol. The fourth-order valence-electron chi connectivity index (χ4n) is 2.99. The SMILES string of the molecule is C[C@H](C(=O)NC(C)(C)C)N1C(=O)c2cccc3cccc(c23)C1=O. The van der Waals surface area contributed by atoms with Gasteiger partial charge in [0.25, 0.3) is 11.8 Å². The van der Waals surface area contributed by atoms with Gasteiger partial charge in [0, 0.05) is 22.1 Å². The summed E-state index contributed by atoms with van der Waals surface area (Å²) in [6.45, 7) is 7.14. The minimum Gasteiger partial charge on any atom is -0.350 e. The molecule has 5 heteroatoms. The quantitative estimate of drug-likeness (QED) is 0.864. The van der Waals surface area contributed by atoms with Crippen molar-refractivity contribution in [2.24, 2.45) is 0 Å². The van der Waals surface area contributed by atoms with E-state index in [4.69, 9.17) is 0 Å². The Hall–Kier alpha value is -2.69. The number of imide groups is 1. The van der Waals surface area contributed by atoms with E-state index < -0.39 is 23.4 Å². The molecule has 1 heterocycles. The van der Waals surface area contributed by atoms with E-state index in [1.54, 1.807) is 31.2 Å². The molecule has 124 valence electrons. The van der Waals surface area contributed by atoms with Crippen LogP contribution in [0, 0.1) is 0 Å². The second-order valence-corrected chi connectivity index (χ2v) is 7.10. The van der Waals surface area contributed by atoms with Gasteiger partial charge in [-0.2, -0.15) is 0 Å². The van der Waals surface area contributed by atoms with Crippen molar-refractivity contribution in [3.8, 4) is 0 Å². The Kier molecular flexibility index (Phi) is 3.67. The molecule has 3 amide bonds. The molecule has 0 unspecified atom stereocenters. The van der Waals surface area contributed by atoms with Crippen molar-refractivity contribution >= 4 is 28.5 Å². The maximum absolute atomic E-state index is 12.9. The van der Waals surface area contributed by atoms with Crippen molar-refractivity contribution in [1.82, 2.24) is 10.2 Å². The van der Waals surface area contributed by atoms with E-state index in [1.165, 1.54) is 0 Å². The van der Waals surface area contributed by atoms with Gasteiger partial charge in [0.05, 0.1) is 0 Å². The van der Waals surface area contributed by atoms with Crippen molar-refractivity contribution in [3.63, 3.8) is 0 Å². The number of nitrogens with one attached hydrogen (secondary N) is 1. The Morgan fingerprint density at radius 2 is 1.50 bits per heavy atom. The normalized spacial score (nSPS) is 15.6. The van der Waals surface area contributed by atoms with E-state index in [-0.39, 0.29) is 5.91 Å². The molecular weight excluding hydrogens is 304 g/mol. The van der Waals surface area contributed by atoms with Crippen LogP contribution in [0.25, 0.3) is 10.8 Å². The zero-order valence-electron chi connectivity index (χ0n) is 14.2. The van der Waals surface area contributed by atoms with Crippen LogP contribution in [0.4, 0.5) is 0 Å². The summed E-state index contributed by atoms with van der Waals surface area (Å²) in [6.07, 6.45) is 0. The molecule has 1 N–H and O–H groups in total. The fraction of sp³-hybridized carbons (Fsp3) is 0.316. The molecule has 0 fully saturated rings. The Bertz CT molecular complexity index is 814. The highest BCUT2D eigenvalue weighted by Gasteiger charge is 2.38. The van der Waals surface area contributed by atoms with Crippen LogP contribution >= 0.6 is 0 Å². The topological polar surface area (TPSA) is 66.5 Å². The molecule has 24 heavy (non-hydrogen) atoms. The van der Waals surface area contributed by atoms with Gasteiger partial charge in [-0.1, -0.05) is 24.3 Å². The van der Waals surface area contributed by atoms with Crippen molar-refractivity contribution < 1.29 is 14.4 Å². The number of carbonyl (C=O) groups is 3. The third kappa shape index (κ3) is 2.56. The van der Waals surface area contributed by atoms with Crippen molar-refractivity contribution in [2.75, 3.05) is 0 Å². The van der Waals surface area contributed by atoms with E-state index in [2.05, 4.69) is 5.32 Å². The Balaban J connectivity index is 2.05. The molecule has 1 aliphatic heterocycles. The molecular formula is C19H20N2O3. The van der Waals surface area contributed by atoms with Gasteiger partial charge < -0.3 is 5.32 Å². The van der Waals surface area contributed by atoms with Gasteiger partial charge >= 0.3 is 0 Å². The molecule has 0 spiro atoms. The first-order valence-corrected chi connectivity index (χ1v) is 7.92. The van der Waals surface area contributed by atoms with Crippen LogP contribution in [-0.2, 0) is 4.79 Å². The lowest BCUT2D eigenvalue weighted by atomic mass is 9.93. The Labute approximate surface area is 140 Å². The van der Waals surface area contributed by atoms with E-state index >= 15 is 0 Å². The lowest BCUT2D eigenvalue weighted by molar-refractivity contribution is -0.126. The smallest absolute Gasteiger partial charge is 0.262 e. The number of hydrogen-bond acceptors (Lipinski definition) is 3. The largest absolute Gasteiger partial charge is 0.350 e. The molecule has 1 atom stereocenters. The first kappa shape index (κ1) is 16.2. The minimum atomic E-state index is -0.882. The number of amides is 3. The van der Waals surface area contributed by atoms with Crippen LogP contribution < -0.4 is 5.32 Å². The van der Waals surface area contributed by atoms with Gasteiger partial charge in [0.2, 0.25) is 5.91 Å². The standard InChI is InChI=1S/C19H20N2O3/c1-11(16(22)20-19(2,3)4)21-17(23)13-9-5-7-12-8-6-10-14(15(12)13)18(21)24/h5-11H,1-4H3,(H,20,22)/t11-/m1/s1. The van der Waals surface area contributed by atoms with E-state index in [1.807, 2.05) is 32.9 Å². The predicted octanol–water partition coefficient (Wildman–Crippen LogP) is 2.74. The van der Waals surface area contributed by atoms with Gasteiger partial charge in [-0.25, -0.2) is 0 Å². The van der Waals surface area contributed by atoms with Gasteiger partial charge in [0.1, 0.15) is 6.04 Å². The second kappa shape index (κ2) is 5.44. The molecule has 0 saturated carbocycles. The molecule has 0 aromatic heterocycles. The summed E-state index contributed by atoms with van der Waals surface area (Å²) in [7, 11) is 0. The van der Waals surface area contributed by atoms with Gasteiger partial charge in [-0.3, -0.25) is 19.3 Å². The van der Waals surface area contributed by atoms with Crippen LogP contribution in [0.1, 0.15) is 48.4 Å². The highest BCUT2D eigenvalue weighted by atomic mass is 16.2. The maximum atomic E-state index is 12.9. The predicted molar refractivity (Wildman–Crippen MR) is 91.8 cm³/mol. The fourth-order valence-corrected chi connectivity index (χ4v) is 2.99. The molecule has 0 aliphatic carbocycles. The number of carbonyl (C=O) groups excluding carboxylic acids is 3. The van der Waals surface area contributed by atoms with E-state index in [0.717, 1.165) is 10.3 Å².